The number of amides is 2. The van der Waals surface area contributed by atoms with E-state index in [9.17, 15) is 9.59 Å². The first-order chi connectivity index (χ1) is 12.6. The Morgan fingerprint density at radius 3 is 2.96 bits per heavy atom. The third-order valence-corrected chi connectivity index (χ3v) is 3.88. The predicted octanol–water partition coefficient (Wildman–Crippen LogP) is 1.46. The zero-order valence-electron chi connectivity index (χ0n) is 13.8. The molecule has 2 aromatic carbocycles. The standard InChI is InChI=1S/C17H14N6O3/c1-23-16(20-21-22-23)10-3-2-4-12(7-10)18-17(25)11-5-6-13-14(8-11)26-9-15(24)19-13/h2-8H,9H2,1H3,(H,18,25)(H,19,24). The first-order valence-electron chi connectivity index (χ1n) is 7.81. The lowest BCUT2D eigenvalue weighted by atomic mass is 10.1. The number of fused-ring (bicyclic) bond motifs is 1. The molecule has 130 valence electrons. The number of hydrogen-bond acceptors (Lipinski definition) is 6. The first kappa shape index (κ1) is 15.8. The summed E-state index contributed by atoms with van der Waals surface area (Å²) in [5, 5.41) is 16.9. The van der Waals surface area contributed by atoms with Gasteiger partial charge in [-0.05, 0) is 40.8 Å². The molecule has 9 heteroatoms. The summed E-state index contributed by atoms with van der Waals surface area (Å²) >= 11 is 0. The van der Waals surface area contributed by atoms with E-state index in [-0.39, 0.29) is 18.4 Å². The van der Waals surface area contributed by atoms with Crippen molar-refractivity contribution in [2.75, 3.05) is 17.2 Å². The molecule has 2 amide bonds. The molecule has 0 radical (unpaired) electrons. The minimum atomic E-state index is -0.290. The van der Waals surface area contributed by atoms with Crippen molar-refractivity contribution in [2.45, 2.75) is 0 Å². The molecule has 26 heavy (non-hydrogen) atoms. The van der Waals surface area contributed by atoms with Crippen molar-refractivity contribution in [3.8, 4) is 17.1 Å². The maximum absolute atomic E-state index is 12.5. The molecule has 0 aliphatic carbocycles. The Labute approximate surface area is 148 Å². The van der Waals surface area contributed by atoms with E-state index in [1.807, 2.05) is 12.1 Å². The number of nitrogens with zero attached hydrogens (tertiary/aromatic N) is 4. The number of carbonyl (C=O) groups is 2. The predicted molar refractivity (Wildman–Crippen MR) is 92.8 cm³/mol. The van der Waals surface area contributed by atoms with Crippen LogP contribution in [0.25, 0.3) is 11.4 Å². The van der Waals surface area contributed by atoms with Crippen molar-refractivity contribution < 1.29 is 14.3 Å². The smallest absolute Gasteiger partial charge is 0.262 e. The topological polar surface area (TPSA) is 111 Å². The van der Waals surface area contributed by atoms with Gasteiger partial charge in [-0.3, -0.25) is 9.59 Å². The molecule has 1 aliphatic heterocycles. The third-order valence-electron chi connectivity index (χ3n) is 3.88. The van der Waals surface area contributed by atoms with E-state index in [2.05, 4.69) is 26.2 Å². The van der Waals surface area contributed by atoms with Gasteiger partial charge in [0.05, 0.1) is 5.69 Å². The molecule has 0 atom stereocenters. The fourth-order valence-corrected chi connectivity index (χ4v) is 2.63. The van der Waals surface area contributed by atoms with Gasteiger partial charge < -0.3 is 15.4 Å². The number of hydrogen-bond donors (Lipinski definition) is 2. The molecular weight excluding hydrogens is 336 g/mol. The number of aromatic nitrogens is 4. The number of rotatable bonds is 3. The Bertz CT molecular complexity index is 1010. The molecule has 9 nitrogen and oxygen atoms in total. The lowest BCUT2D eigenvalue weighted by Gasteiger charge is -2.18. The zero-order valence-corrected chi connectivity index (χ0v) is 13.8. The summed E-state index contributed by atoms with van der Waals surface area (Å²) in [6.07, 6.45) is 0. The summed E-state index contributed by atoms with van der Waals surface area (Å²) in [6, 6.07) is 12.1. The number of tetrazole rings is 1. The van der Waals surface area contributed by atoms with E-state index in [1.54, 1.807) is 42.1 Å². The molecule has 2 heterocycles. The summed E-state index contributed by atoms with van der Waals surface area (Å²) in [4.78, 5) is 23.8. The van der Waals surface area contributed by atoms with Gasteiger partial charge in [0, 0.05) is 23.9 Å². The van der Waals surface area contributed by atoms with E-state index in [1.165, 1.54) is 0 Å². The summed E-state index contributed by atoms with van der Waals surface area (Å²) in [6.45, 7) is -0.0636. The van der Waals surface area contributed by atoms with Crippen LogP contribution in [0, 0.1) is 0 Å². The van der Waals surface area contributed by atoms with Crippen LogP contribution in [0.1, 0.15) is 10.4 Å². The van der Waals surface area contributed by atoms with Crippen molar-refractivity contribution in [1.29, 1.82) is 0 Å². The van der Waals surface area contributed by atoms with Gasteiger partial charge >= 0.3 is 0 Å². The van der Waals surface area contributed by atoms with Gasteiger partial charge in [-0.25, -0.2) is 4.68 Å². The van der Waals surface area contributed by atoms with Gasteiger partial charge in [0.1, 0.15) is 5.75 Å². The van der Waals surface area contributed by atoms with Gasteiger partial charge in [-0.15, -0.1) is 5.10 Å². The number of aryl methyl sites for hydroxylation is 1. The summed E-state index contributed by atoms with van der Waals surface area (Å²) in [5.41, 5.74) is 2.37. The highest BCUT2D eigenvalue weighted by atomic mass is 16.5. The Balaban J connectivity index is 1.55. The summed E-state index contributed by atoms with van der Waals surface area (Å²) in [5.74, 6) is 0.557. The second kappa shape index (κ2) is 6.28. The lowest BCUT2D eigenvalue weighted by Crippen LogP contribution is -2.25. The summed E-state index contributed by atoms with van der Waals surface area (Å²) < 4.78 is 6.89. The number of nitrogens with one attached hydrogen (secondary N) is 2. The molecular formula is C17H14N6O3. The average Bonchev–Trinajstić information content (AvgIpc) is 3.07. The lowest BCUT2D eigenvalue weighted by molar-refractivity contribution is -0.118. The van der Waals surface area contributed by atoms with Crippen LogP contribution in [0.4, 0.5) is 11.4 Å². The normalized spacial score (nSPS) is 12.7. The van der Waals surface area contributed by atoms with Crippen LogP contribution in [0.2, 0.25) is 0 Å². The fourth-order valence-electron chi connectivity index (χ4n) is 2.63. The Kier molecular flexibility index (Phi) is 3.81. The minimum absolute atomic E-state index is 0.0636. The van der Waals surface area contributed by atoms with Crippen LogP contribution < -0.4 is 15.4 Å². The van der Waals surface area contributed by atoms with Crippen LogP contribution in [-0.4, -0.2) is 38.6 Å². The Morgan fingerprint density at radius 1 is 1.27 bits per heavy atom. The highest BCUT2D eigenvalue weighted by Crippen LogP contribution is 2.29. The van der Waals surface area contributed by atoms with Gasteiger partial charge in [0.15, 0.2) is 12.4 Å². The minimum Gasteiger partial charge on any atom is -0.482 e. The van der Waals surface area contributed by atoms with Gasteiger partial charge in [0.25, 0.3) is 11.8 Å². The van der Waals surface area contributed by atoms with Crippen LogP contribution >= 0.6 is 0 Å². The summed E-state index contributed by atoms with van der Waals surface area (Å²) in [7, 11) is 1.74. The first-order valence-corrected chi connectivity index (χ1v) is 7.81. The SMILES string of the molecule is Cn1nnnc1-c1cccc(NC(=O)c2ccc3c(c2)OCC(=O)N3)c1. The van der Waals surface area contributed by atoms with Crippen molar-refractivity contribution in [3.05, 3.63) is 48.0 Å². The van der Waals surface area contributed by atoms with E-state index in [0.29, 0.717) is 28.5 Å². The molecule has 1 aliphatic rings. The van der Waals surface area contributed by atoms with Gasteiger partial charge in [-0.2, -0.15) is 0 Å². The van der Waals surface area contributed by atoms with E-state index in [0.717, 1.165) is 5.56 Å². The van der Waals surface area contributed by atoms with Gasteiger partial charge in [-0.1, -0.05) is 12.1 Å². The van der Waals surface area contributed by atoms with E-state index in [4.69, 9.17) is 4.74 Å². The van der Waals surface area contributed by atoms with Crippen LogP contribution in [0.3, 0.4) is 0 Å². The van der Waals surface area contributed by atoms with Crippen molar-refractivity contribution >= 4 is 23.2 Å². The van der Waals surface area contributed by atoms with E-state index >= 15 is 0 Å². The molecule has 2 N–H and O–H groups in total. The fraction of sp³-hybridized carbons (Fsp3) is 0.118. The molecule has 0 spiro atoms. The molecule has 0 fully saturated rings. The van der Waals surface area contributed by atoms with Crippen molar-refractivity contribution in [1.82, 2.24) is 20.2 Å². The molecule has 4 rings (SSSR count). The maximum Gasteiger partial charge on any atom is 0.262 e. The Hall–Kier alpha value is -3.75. The monoisotopic (exact) mass is 350 g/mol. The number of benzene rings is 2. The molecule has 3 aromatic rings. The number of ether oxygens (including phenoxy) is 1. The molecule has 0 saturated heterocycles. The van der Waals surface area contributed by atoms with Crippen molar-refractivity contribution in [2.24, 2.45) is 7.05 Å². The van der Waals surface area contributed by atoms with Crippen LogP contribution in [0.15, 0.2) is 42.5 Å². The second-order valence-corrected chi connectivity index (χ2v) is 5.71. The number of carbonyl (C=O) groups excluding carboxylic acids is 2. The molecule has 0 unspecified atom stereocenters. The largest absolute Gasteiger partial charge is 0.482 e. The van der Waals surface area contributed by atoms with Crippen molar-refractivity contribution in [3.63, 3.8) is 0 Å². The maximum atomic E-state index is 12.5. The third kappa shape index (κ3) is 2.97. The van der Waals surface area contributed by atoms with Crippen LogP contribution in [0.5, 0.6) is 5.75 Å². The zero-order chi connectivity index (χ0) is 18.1. The van der Waals surface area contributed by atoms with Gasteiger partial charge in [0.2, 0.25) is 0 Å². The molecule has 0 bridgehead atoms. The number of anilines is 2. The average molecular weight is 350 g/mol. The quantitative estimate of drug-likeness (QED) is 0.740. The highest BCUT2D eigenvalue weighted by Gasteiger charge is 2.18. The van der Waals surface area contributed by atoms with E-state index < -0.39 is 0 Å². The second-order valence-electron chi connectivity index (χ2n) is 5.71. The molecule has 1 aromatic heterocycles. The van der Waals surface area contributed by atoms with Crippen LogP contribution in [-0.2, 0) is 11.8 Å². The molecule has 0 saturated carbocycles. The Morgan fingerprint density at radius 2 is 2.15 bits per heavy atom. The highest BCUT2D eigenvalue weighted by molar-refractivity contribution is 6.05.